The quantitative estimate of drug-likeness (QED) is 0.314. The summed E-state index contributed by atoms with van der Waals surface area (Å²) in [6, 6.07) is 0.852. The Morgan fingerprint density at radius 1 is 1.00 bits per heavy atom. The summed E-state index contributed by atoms with van der Waals surface area (Å²) < 4.78 is 27.2. The molecule has 19 heavy (non-hydrogen) atoms. The fourth-order valence-electron chi connectivity index (χ4n) is 1.92. The molecule has 0 aromatic heterocycles. The topological polar surface area (TPSA) is 46.2 Å². The van der Waals surface area contributed by atoms with Crippen molar-refractivity contribution in [1.29, 1.82) is 0 Å². The maximum absolute atomic E-state index is 6.12. The van der Waals surface area contributed by atoms with Crippen LogP contribution in [0, 0.1) is 0 Å². The summed E-state index contributed by atoms with van der Waals surface area (Å²) >= 11 is 0. The van der Waals surface area contributed by atoms with Crippen LogP contribution in [0.5, 0.6) is 0 Å². The van der Waals surface area contributed by atoms with Crippen molar-refractivity contribution in [1.82, 2.24) is 0 Å². The Morgan fingerprint density at radius 3 is 2.11 bits per heavy atom. The summed E-state index contributed by atoms with van der Waals surface area (Å²) in [6.45, 7) is 4.95. The molecule has 0 aromatic rings. The fourth-order valence-corrected chi connectivity index (χ4v) is 4.07. The molecule has 6 heteroatoms. The molecule has 0 saturated carbocycles. The van der Waals surface area contributed by atoms with Gasteiger partial charge in [-0.25, -0.2) is 0 Å². The first-order chi connectivity index (χ1) is 9.01. The first-order valence-corrected chi connectivity index (χ1v) is 9.31. The van der Waals surface area contributed by atoms with Gasteiger partial charge in [0.05, 0.1) is 0 Å². The van der Waals surface area contributed by atoms with Crippen LogP contribution in [-0.2, 0) is 23.1 Å². The summed E-state index contributed by atoms with van der Waals surface area (Å²) in [6.07, 6.45) is 2.78. The van der Waals surface area contributed by atoms with Crippen molar-refractivity contribution < 1.29 is 23.1 Å². The molecule has 0 aromatic carbocycles. The molecule has 0 saturated heterocycles. The molecular weight excluding hydrogens is 264 g/mol. The second-order valence-electron chi connectivity index (χ2n) is 4.84. The first-order valence-electron chi connectivity index (χ1n) is 6.78. The third kappa shape index (κ3) is 8.72. The molecule has 0 fully saturated rings. The van der Waals surface area contributed by atoms with Crippen LogP contribution in [0.2, 0.25) is 12.6 Å². The van der Waals surface area contributed by atoms with E-state index in [9.17, 15) is 0 Å². The predicted octanol–water partition coefficient (Wildman–Crippen LogP) is 2.55. The number of hydrogen-bond donors (Lipinski definition) is 0. The van der Waals surface area contributed by atoms with Gasteiger partial charge in [-0.05, 0) is 32.4 Å². The van der Waals surface area contributed by atoms with E-state index in [0.29, 0.717) is 0 Å². The highest BCUT2D eigenvalue weighted by atomic mass is 28.4. The van der Waals surface area contributed by atoms with Crippen molar-refractivity contribution in [2.75, 3.05) is 35.0 Å². The van der Waals surface area contributed by atoms with Crippen LogP contribution >= 0.6 is 0 Å². The summed E-state index contributed by atoms with van der Waals surface area (Å²) in [7, 11) is 4.59. The highest BCUT2D eigenvalue weighted by Gasteiger charge is 2.33. The minimum absolute atomic E-state index is 0.186. The number of rotatable bonds is 12. The lowest BCUT2D eigenvalue weighted by Gasteiger charge is -2.30. The molecule has 0 N–H and O–H groups in total. The normalized spacial score (nSPS) is 16.6. The Labute approximate surface area is 118 Å². The third-order valence-electron chi connectivity index (χ3n) is 3.20. The number of methoxy groups -OCH3 is 3. The highest BCUT2D eigenvalue weighted by Crippen LogP contribution is 2.21. The van der Waals surface area contributed by atoms with Gasteiger partial charge in [0.2, 0.25) is 0 Å². The maximum Gasteiger partial charge on any atom is 0.335 e. The Balaban J connectivity index is 4.12. The Morgan fingerprint density at radius 2 is 1.63 bits per heavy atom. The molecule has 0 aliphatic heterocycles. The summed E-state index contributed by atoms with van der Waals surface area (Å²) in [5, 5.41) is 0. The monoisotopic (exact) mass is 294 g/mol. The predicted molar refractivity (Wildman–Crippen MR) is 77.5 cm³/mol. The van der Waals surface area contributed by atoms with E-state index in [4.69, 9.17) is 23.1 Å². The van der Waals surface area contributed by atoms with Crippen LogP contribution in [-0.4, -0.2) is 56.0 Å². The van der Waals surface area contributed by atoms with Gasteiger partial charge in [-0.2, -0.15) is 0 Å². The molecule has 5 nitrogen and oxygen atoms in total. The Bertz CT molecular complexity index is 213. The molecule has 0 rings (SSSR count). The second-order valence-corrected chi connectivity index (χ2v) is 8.25. The molecule has 0 heterocycles. The third-order valence-corrected chi connectivity index (χ3v) is 6.16. The second kappa shape index (κ2) is 10.8. The minimum Gasteiger partial charge on any atom is -0.398 e. The minimum atomic E-state index is -2.14. The lowest BCUT2D eigenvalue weighted by Crippen LogP contribution is -2.41. The SMILES string of the molecule is COCCCC(C)O[Si](C)(CCC(OC)OC)OC. The zero-order chi connectivity index (χ0) is 14.7. The van der Waals surface area contributed by atoms with Gasteiger partial charge in [-0.15, -0.1) is 0 Å². The van der Waals surface area contributed by atoms with E-state index in [1.54, 1.807) is 28.4 Å². The molecule has 2 atom stereocenters. The Kier molecular flexibility index (Phi) is 10.8. The van der Waals surface area contributed by atoms with Gasteiger partial charge in [0.25, 0.3) is 0 Å². The summed E-state index contributed by atoms with van der Waals surface area (Å²) in [4.78, 5) is 0. The van der Waals surface area contributed by atoms with Crippen molar-refractivity contribution >= 4 is 8.56 Å². The standard InChI is InChI=1S/C13H30O5Si/c1-12(8-7-10-14-2)18-19(6,17-5)11-9-13(15-3)16-4/h12-13H,7-11H2,1-6H3. The molecule has 116 valence electrons. The number of ether oxygens (including phenoxy) is 3. The van der Waals surface area contributed by atoms with E-state index in [1.807, 2.05) is 0 Å². The van der Waals surface area contributed by atoms with Gasteiger partial charge in [-0.1, -0.05) is 0 Å². The van der Waals surface area contributed by atoms with Crippen molar-refractivity contribution in [3.63, 3.8) is 0 Å². The molecule has 0 aliphatic carbocycles. The van der Waals surface area contributed by atoms with E-state index in [2.05, 4.69) is 13.5 Å². The largest absolute Gasteiger partial charge is 0.398 e. The maximum atomic E-state index is 6.12. The molecule has 0 radical (unpaired) electrons. The average molecular weight is 294 g/mol. The van der Waals surface area contributed by atoms with Gasteiger partial charge < -0.3 is 23.1 Å². The van der Waals surface area contributed by atoms with Crippen molar-refractivity contribution in [2.45, 2.75) is 51.2 Å². The van der Waals surface area contributed by atoms with Crippen LogP contribution in [0.15, 0.2) is 0 Å². The van der Waals surface area contributed by atoms with E-state index in [-0.39, 0.29) is 12.4 Å². The van der Waals surface area contributed by atoms with Crippen LogP contribution < -0.4 is 0 Å². The van der Waals surface area contributed by atoms with Crippen molar-refractivity contribution in [3.8, 4) is 0 Å². The van der Waals surface area contributed by atoms with Crippen LogP contribution in [0.3, 0.4) is 0 Å². The van der Waals surface area contributed by atoms with E-state index >= 15 is 0 Å². The molecule has 0 bridgehead atoms. The van der Waals surface area contributed by atoms with Crippen LogP contribution in [0.1, 0.15) is 26.2 Å². The van der Waals surface area contributed by atoms with Gasteiger partial charge in [0.1, 0.15) is 0 Å². The van der Waals surface area contributed by atoms with Gasteiger partial charge >= 0.3 is 8.56 Å². The van der Waals surface area contributed by atoms with Gasteiger partial charge in [-0.3, -0.25) is 0 Å². The molecular formula is C13H30O5Si. The van der Waals surface area contributed by atoms with E-state index in [0.717, 1.165) is 31.9 Å². The van der Waals surface area contributed by atoms with E-state index < -0.39 is 8.56 Å². The highest BCUT2D eigenvalue weighted by molar-refractivity contribution is 6.66. The summed E-state index contributed by atoms with van der Waals surface area (Å²) in [5.74, 6) is 0. The molecule has 0 aliphatic rings. The molecule has 0 amide bonds. The van der Waals surface area contributed by atoms with E-state index in [1.165, 1.54) is 0 Å². The van der Waals surface area contributed by atoms with Crippen LogP contribution in [0.4, 0.5) is 0 Å². The summed E-state index contributed by atoms with van der Waals surface area (Å²) in [5.41, 5.74) is 0. The average Bonchev–Trinajstić information content (AvgIpc) is 2.40. The van der Waals surface area contributed by atoms with Gasteiger partial charge in [0.15, 0.2) is 6.29 Å². The zero-order valence-electron chi connectivity index (χ0n) is 13.2. The van der Waals surface area contributed by atoms with Gasteiger partial charge in [0, 0.05) is 47.6 Å². The van der Waals surface area contributed by atoms with Crippen molar-refractivity contribution in [3.05, 3.63) is 0 Å². The Hall–Kier alpha value is 0.0169. The smallest absolute Gasteiger partial charge is 0.335 e. The van der Waals surface area contributed by atoms with Crippen molar-refractivity contribution in [2.24, 2.45) is 0 Å². The fraction of sp³-hybridized carbons (Fsp3) is 1.00. The zero-order valence-corrected chi connectivity index (χ0v) is 14.2. The lowest BCUT2D eigenvalue weighted by atomic mass is 10.2. The molecule has 2 unspecified atom stereocenters. The molecule has 0 spiro atoms. The first kappa shape index (κ1) is 19.0. The van der Waals surface area contributed by atoms with Crippen LogP contribution in [0.25, 0.3) is 0 Å². The lowest BCUT2D eigenvalue weighted by molar-refractivity contribution is -0.104. The number of hydrogen-bond acceptors (Lipinski definition) is 5.